The van der Waals surface area contributed by atoms with Crippen LogP contribution in [0.15, 0.2) is 6.33 Å². The molecule has 9 nitrogen and oxygen atoms in total. The Morgan fingerprint density at radius 3 is 2.16 bits per heavy atom. The molecule has 9 heteroatoms. The van der Waals surface area contributed by atoms with Gasteiger partial charge in [-0.1, -0.05) is 27.7 Å². The predicted molar refractivity (Wildman–Crippen MR) is 91.3 cm³/mol. The van der Waals surface area contributed by atoms with Gasteiger partial charge in [-0.25, -0.2) is 19.6 Å². The Morgan fingerprint density at radius 1 is 1.12 bits per heavy atom. The number of ether oxygens (including phenoxy) is 2. The molecule has 0 radical (unpaired) electrons. The number of imide groups is 1. The van der Waals surface area contributed by atoms with E-state index in [1.807, 2.05) is 27.7 Å². The quantitative estimate of drug-likeness (QED) is 0.799. The van der Waals surface area contributed by atoms with Crippen LogP contribution in [-0.4, -0.2) is 46.4 Å². The van der Waals surface area contributed by atoms with Gasteiger partial charge >= 0.3 is 12.2 Å². The van der Waals surface area contributed by atoms with Gasteiger partial charge < -0.3 is 14.8 Å². The van der Waals surface area contributed by atoms with Gasteiger partial charge in [0.15, 0.2) is 0 Å². The third-order valence-electron chi connectivity index (χ3n) is 3.12. The molecule has 0 saturated heterocycles. The second kappa shape index (κ2) is 8.59. The average Bonchev–Trinajstić information content (AvgIpc) is 3.35. The Kier molecular flexibility index (Phi) is 6.49. The van der Waals surface area contributed by atoms with Gasteiger partial charge in [-0.15, -0.1) is 4.90 Å². The Balaban J connectivity index is 2.16. The van der Waals surface area contributed by atoms with Crippen molar-refractivity contribution in [2.24, 2.45) is 11.8 Å². The summed E-state index contributed by atoms with van der Waals surface area (Å²) in [5.41, 5.74) is 0. The second-order valence-corrected chi connectivity index (χ2v) is 6.80. The maximum Gasteiger partial charge on any atom is 0.426 e. The number of carbonyl (C=O) groups is 2. The molecule has 25 heavy (non-hydrogen) atoms. The van der Waals surface area contributed by atoms with Crippen LogP contribution in [0.1, 0.15) is 40.5 Å². The number of nitrogens with zero attached hydrogens (tertiary/aromatic N) is 4. The molecule has 0 spiro atoms. The SMILES string of the molecule is CC(C)COC(=O)N(C(=O)OCC(C)C)c1ncnc(NC2CC2)n1. The molecule has 1 aliphatic carbocycles. The molecule has 1 heterocycles. The fraction of sp³-hybridized carbons (Fsp3) is 0.688. The van der Waals surface area contributed by atoms with E-state index in [-0.39, 0.29) is 31.0 Å². The molecule has 0 unspecified atom stereocenters. The van der Waals surface area contributed by atoms with E-state index in [1.54, 1.807) is 0 Å². The maximum absolute atomic E-state index is 12.4. The van der Waals surface area contributed by atoms with Crippen LogP contribution in [0.3, 0.4) is 0 Å². The van der Waals surface area contributed by atoms with Crippen LogP contribution < -0.4 is 10.2 Å². The largest absolute Gasteiger partial charge is 0.448 e. The number of nitrogens with one attached hydrogen (secondary N) is 1. The van der Waals surface area contributed by atoms with E-state index in [9.17, 15) is 9.59 Å². The van der Waals surface area contributed by atoms with E-state index >= 15 is 0 Å². The van der Waals surface area contributed by atoms with Crippen LogP contribution in [0.2, 0.25) is 0 Å². The summed E-state index contributed by atoms with van der Waals surface area (Å²) >= 11 is 0. The number of anilines is 2. The fourth-order valence-corrected chi connectivity index (χ4v) is 1.72. The van der Waals surface area contributed by atoms with Crippen molar-refractivity contribution in [3.05, 3.63) is 6.33 Å². The summed E-state index contributed by atoms with van der Waals surface area (Å²) in [6.45, 7) is 7.94. The van der Waals surface area contributed by atoms with Gasteiger partial charge in [0.25, 0.3) is 0 Å². The lowest BCUT2D eigenvalue weighted by Gasteiger charge is -2.19. The first-order chi connectivity index (χ1) is 11.9. The lowest BCUT2D eigenvalue weighted by Crippen LogP contribution is -2.40. The van der Waals surface area contributed by atoms with Crippen molar-refractivity contribution in [3.8, 4) is 0 Å². The summed E-state index contributed by atoms with van der Waals surface area (Å²) in [6.07, 6.45) is 1.58. The minimum Gasteiger partial charge on any atom is -0.448 e. The van der Waals surface area contributed by atoms with Gasteiger partial charge in [0.1, 0.15) is 6.33 Å². The zero-order chi connectivity index (χ0) is 18.4. The molecule has 2 amide bonds. The fourth-order valence-electron chi connectivity index (χ4n) is 1.72. The summed E-state index contributed by atoms with van der Waals surface area (Å²) < 4.78 is 10.3. The Morgan fingerprint density at radius 2 is 1.68 bits per heavy atom. The van der Waals surface area contributed by atoms with Crippen LogP contribution in [0.5, 0.6) is 0 Å². The minimum absolute atomic E-state index is 0.124. The van der Waals surface area contributed by atoms with Gasteiger partial charge in [-0.3, -0.25) is 0 Å². The van der Waals surface area contributed by atoms with Crippen molar-refractivity contribution in [2.75, 3.05) is 23.4 Å². The summed E-state index contributed by atoms with van der Waals surface area (Å²) in [7, 11) is 0. The molecular formula is C16H25N5O4. The second-order valence-electron chi connectivity index (χ2n) is 6.80. The van der Waals surface area contributed by atoms with Gasteiger partial charge in [-0.05, 0) is 24.7 Å². The lowest BCUT2D eigenvalue weighted by atomic mass is 10.2. The standard InChI is InChI=1S/C16H25N5O4/c1-10(2)7-24-15(22)21(16(23)25-8-11(3)4)14-18-9-17-13(20-14)19-12-5-6-12/h9-12H,5-8H2,1-4H3,(H,17,18,19,20). The molecule has 2 rings (SSSR count). The van der Waals surface area contributed by atoms with Crippen LogP contribution in [0, 0.1) is 11.8 Å². The number of hydrogen-bond donors (Lipinski definition) is 1. The van der Waals surface area contributed by atoms with Crippen molar-refractivity contribution in [2.45, 2.75) is 46.6 Å². The zero-order valence-electron chi connectivity index (χ0n) is 15.1. The van der Waals surface area contributed by atoms with Crippen molar-refractivity contribution < 1.29 is 19.1 Å². The molecule has 0 aromatic carbocycles. The monoisotopic (exact) mass is 351 g/mol. The van der Waals surface area contributed by atoms with E-state index in [2.05, 4.69) is 20.3 Å². The van der Waals surface area contributed by atoms with E-state index in [0.717, 1.165) is 12.8 Å². The van der Waals surface area contributed by atoms with Crippen molar-refractivity contribution in [1.29, 1.82) is 0 Å². The molecule has 1 aliphatic rings. The molecule has 138 valence electrons. The third-order valence-corrected chi connectivity index (χ3v) is 3.12. The molecule has 1 fully saturated rings. The van der Waals surface area contributed by atoms with E-state index in [4.69, 9.17) is 9.47 Å². The zero-order valence-corrected chi connectivity index (χ0v) is 15.1. The first kappa shape index (κ1) is 18.9. The molecule has 0 atom stereocenters. The summed E-state index contributed by atoms with van der Waals surface area (Å²) in [6, 6.07) is 0.324. The molecule has 0 aliphatic heterocycles. The lowest BCUT2D eigenvalue weighted by molar-refractivity contribution is 0.121. The van der Waals surface area contributed by atoms with Gasteiger partial charge in [0.2, 0.25) is 11.9 Å². The molecule has 1 aromatic rings. The van der Waals surface area contributed by atoms with Gasteiger partial charge in [0.05, 0.1) is 13.2 Å². The molecule has 1 aromatic heterocycles. The number of rotatable bonds is 7. The highest BCUT2D eigenvalue weighted by atomic mass is 16.6. The summed E-state index contributed by atoms with van der Waals surface area (Å²) in [5.74, 6) is 0.442. The highest BCUT2D eigenvalue weighted by Gasteiger charge is 2.31. The molecule has 0 bridgehead atoms. The number of amides is 2. The Hall–Kier alpha value is -2.45. The number of hydrogen-bond acceptors (Lipinski definition) is 8. The van der Waals surface area contributed by atoms with Crippen molar-refractivity contribution in [3.63, 3.8) is 0 Å². The summed E-state index contributed by atoms with van der Waals surface area (Å²) in [4.78, 5) is 37.5. The first-order valence-corrected chi connectivity index (χ1v) is 8.46. The van der Waals surface area contributed by atoms with Crippen LogP contribution in [-0.2, 0) is 9.47 Å². The minimum atomic E-state index is -0.869. The predicted octanol–water partition coefficient (Wildman–Crippen LogP) is 2.84. The highest BCUT2D eigenvalue weighted by molar-refractivity contribution is 6.07. The molecule has 1 N–H and O–H groups in total. The first-order valence-electron chi connectivity index (χ1n) is 8.46. The molecular weight excluding hydrogens is 326 g/mol. The topological polar surface area (TPSA) is 107 Å². The van der Waals surface area contributed by atoms with Crippen LogP contribution in [0.25, 0.3) is 0 Å². The molecule has 1 saturated carbocycles. The summed E-state index contributed by atoms with van der Waals surface area (Å²) in [5, 5.41) is 3.10. The maximum atomic E-state index is 12.4. The van der Waals surface area contributed by atoms with Gasteiger partial charge in [-0.2, -0.15) is 4.98 Å². The Labute approximate surface area is 147 Å². The van der Waals surface area contributed by atoms with Crippen molar-refractivity contribution in [1.82, 2.24) is 15.0 Å². The van der Waals surface area contributed by atoms with E-state index in [0.29, 0.717) is 16.9 Å². The average molecular weight is 351 g/mol. The van der Waals surface area contributed by atoms with Crippen LogP contribution in [0.4, 0.5) is 21.5 Å². The normalized spacial score (nSPS) is 13.7. The van der Waals surface area contributed by atoms with Gasteiger partial charge in [0, 0.05) is 6.04 Å². The van der Waals surface area contributed by atoms with Crippen molar-refractivity contribution >= 4 is 24.1 Å². The Bertz CT molecular complexity index is 580. The highest BCUT2D eigenvalue weighted by Crippen LogP contribution is 2.23. The smallest absolute Gasteiger partial charge is 0.426 e. The van der Waals surface area contributed by atoms with E-state index < -0.39 is 12.2 Å². The number of aromatic nitrogens is 3. The third kappa shape index (κ3) is 6.17. The van der Waals surface area contributed by atoms with E-state index in [1.165, 1.54) is 6.33 Å². The number of carbonyl (C=O) groups excluding carboxylic acids is 2. The van der Waals surface area contributed by atoms with Crippen LogP contribution >= 0.6 is 0 Å².